The van der Waals surface area contributed by atoms with Crippen LogP contribution in [0.2, 0.25) is 0 Å². The fourth-order valence-electron chi connectivity index (χ4n) is 2.09. The van der Waals surface area contributed by atoms with Crippen LogP contribution < -0.4 is 5.73 Å². The van der Waals surface area contributed by atoms with E-state index in [1.807, 2.05) is 13.8 Å². The van der Waals surface area contributed by atoms with Crippen LogP contribution in [0.1, 0.15) is 32.5 Å². The maximum Gasteiger partial charge on any atom is 0.236 e. The number of amidine groups is 1. The smallest absolute Gasteiger partial charge is 0.236 e. The molecule has 0 aliphatic carbocycles. The Morgan fingerprint density at radius 3 is 2.63 bits per heavy atom. The van der Waals surface area contributed by atoms with Crippen molar-refractivity contribution >= 4 is 11.7 Å². The zero-order chi connectivity index (χ0) is 14.5. The summed E-state index contributed by atoms with van der Waals surface area (Å²) in [4.78, 5) is 18.0. The van der Waals surface area contributed by atoms with Crippen molar-refractivity contribution in [2.24, 2.45) is 16.3 Å². The normalized spacial score (nSPS) is 12.5. The van der Waals surface area contributed by atoms with Crippen molar-refractivity contribution in [3.63, 3.8) is 0 Å². The van der Waals surface area contributed by atoms with Gasteiger partial charge in [-0.15, -0.1) is 0 Å². The minimum atomic E-state index is -0.983. The highest BCUT2D eigenvalue weighted by molar-refractivity contribution is 6.06. The van der Waals surface area contributed by atoms with E-state index in [-0.39, 0.29) is 11.7 Å². The number of aromatic amines is 1. The molecule has 1 amide bonds. The quantitative estimate of drug-likeness (QED) is 0.297. The number of rotatable bonds is 6. The van der Waals surface area contributed by atoms with Crippen LogP contribution >= 0.6 is 0 Å². The van der Waals surface area contributed by atoms with Crippen LogP contribution in [0.5, 0.6) is 0 Å². The second-order valence-electron chi connectivity index (χ2n) is 4.37. The topological polar surface area (TPSA) is 120 Å². The molecule has 1 rings (SSSR count). The number of nitrogens with two attached hydrogens (primary N) is 1. The van der Waals surface area contributed by atoms with Crippen LogP contribution in [0.3, 0.4) is 0 Å². The summed E-state index contributed by atoms with van der Waals surface area (Å²) in [5.74, 6) is 0.313. The second-order valence-corrected chi connectivity index (χ2v) is 4.37. The Labute approximate surface area is 111 Å². The summed E-state index contributed by atoms with van der Waals surface area (Å²) < 4.78 is 0. The van der Waals surface area contributed by atoms with Gasteiger partial charge in [0.2, 0.25) is 5.91 Å². The average molecular weight is 268 g/mol. The van der Waals surface area contributed by atoms with Crippen LogP contribution in [-0.4, -0.2) is 44.1 Å². The minimum absolute atomic E-state index is 0.0630. The van der Waals surface area contributed by atoms with E-state index in [0.29, 0.717) is 25.2 Å². The zero-order valence-corrected chi connectivity index (χ0v) is 11.4. The first-order valence-electron chi connectivity index (χ1n) is 6.09. The third-order valence-corrected chi connectivity index (χ3v) is 3.41. The number of carbonyl (C=O) groups is 1. The van der Waals surface area contributed by atoms with Crippen LogP contribution in [0, 0.1) is 5.41 Å². The molecule has 8 heteroatoms. The molecule has 1 aromatic heterocycles. The van der Waals surface area contributed by atoms with Gasteiger partial charge in [-0.1, -0.05) is 19.0 Å². The molecule has 0 unspecified atom stereocenters. The molecular formula is C11H20N6O2. The Morgan fingerprint density at radius 2 is 2.21 bits per heavy atom. The lowest BCUT2D eigenvalue weighted by Gasteiger charge is -2.32. The molecule has 0 aliphatic heterocycles. The van der Waals surface area contributed by atoms with Gasteiger partial charge in [0.1, 0.15) is 17.6 Å². The molecule has 106 valence electrons. The Balaban J connectivity index is 2.94. The maximum absolute atomic E-state index is 12.5. The standard InChI is InChI=1S/C11H20N6O2/c1-4-11(5-2,9(12)16-19)10(18)17(3)6-8-13-7-14-15-8/h7,19H,4-6H2,1-3H3,(H2,12,16)(H,13,14,15). The first-order valence-corrected chi connectivity index (χ1v) is 6.09. The number of aromatic nitrogens is 3. The molecule has 0 atom stereocenters. The second kappa shape index (κ2) is 6.17. The number of carbonyl (C=O) groups excluding carboxylic acids is 1. The van der Waals surface area contributed by atoms with E-state index < -0.39 is 5.41 Å². The van der Waals surface area contributed by atoms with E-state index >= 15 is 0 Å². The van der Waals surface area contributed by atoms with Crippen molar-refractivity contribution in [1.29, 1.82) is 0 Å². The molecule has 0 spiro atoms. The van der Waals surface area contributed by atoms with Crippen LogP contribution in [0.4, 0.5) is 0 Å². The minimum Gasteiger partial charge on any atom is -0.409 e. The van der Waals surface area contributed by atoms with Gasteiger partial charge in [-0.25, -0.2) is 4.98 Å². The SMILES string of the molecule is CCC(CC)(C(=O)N(C)Cc1ncn[nH]1)C(N)=NO. The zero-order valence-electron chi connectivity index (χ0n) is 11.4. The molecule has 0 aromatic carbocycles. The number of hydrogen-bond donors (Lipinski definition) is 3. The van der Waals surface area contributed by atoms with Crippen LogP contribution in [0.15, 0.2) is 11.5 Å². The Kier molecular flexibility index (Phi) is 4.85. The first kappa shape index (κ1) is 14.9. The molecule has 1 heterocycles. The van der Waals surface area contributed by atoms with Crippen molar-refractivity contribution in [3.8, 4) is 0 Å². The predicted octanol–water partition coefficient (Wildman–Crippen LogP) is 0.316. The third kappa shape index (κ3) is 2.83. The lowest BCUT2D eigenvalue weighted by Crippen LogP contribution is -2.49. The molecular weight excluding hydrogens is 248 g/mol. The Bertz CT molecular complexity index is 438. The lowest BCUT2D eigenvalue weighted by molar-refractivity contribution is -0.138. The average Bonchev–Trinajstić information content (AvgIpc) is 2.92. The molecule has 8 nitrogen and oxygen atoms in total. The number of nitrogens with zero attached hydrogens (tertiary/aromatic N) is 4. The molecule has 0 radical (unpaired) electrons. The van der Waals surface area contributed by atoms with E-state index in [2.05, 4.69) is 20.3 Å². The highest BCUT2D eigenvalue weighted by Crippen LogP contribution is 2.29. The van der Waals surface area contributed by atoms with E-state index in [9.17, 15) is 4.79 Å². The van der Waals surface area contributed by atoms with E-state index in [0.717, 1.165) is 0 Å². The number of hydrogen-bond acceptors (Lipinski definition) is 5. The number of H-pyrrole nitrogens is 1. The largest absolute Gasteiger partial charge is 0.409 e. The van der Waals surface area contributed by atoms with Crippen LogP contribution in [-0.2, 0) is 11.3 Å². The van der Waals surface area contributed by atoms with Gasteiger partial charge < -0.3 is 15.8 Å². The summed E-state index contributed by atoms with van der Waals surface area (Å²) in [6, 6.07) is 0. The van der Waals surface area contributed by atoms with Gasteiger partial charge >= 0.3 is 0 Å². The molecule has 0 aliphatic rings. The van der Waals surface area contributed by atoms with Gasteiger partial charge in [-0.05, 0) is 12.8 Å². The monoisotopic (exact) mass is 268 g/mol. The number of oxime groups is 1. The molecule has 19 heavy (non-hydrogen) atoms. The summed E-state index contributed by atoms with van der Waals surface area (Å²) in [5, 5.41) is 18.3. The molecule has 0 saturated carbocycles. The summed E-state index contributed by atoms with van der Waals surface area (Å²) >= 11 is 0. The molecule has 0 saturated heterocycles. The summed E-state index contributed by atoms with van der Waals surface area (Å²) in [7, 11) is 1.65. The summed E-state index contributed by atoms with van der Waals surface area (Å²) in [6.07, 6.45) is 2.29. The predicted molar refractivity (Wildman–Crippen MR) is 69.3 cm³/mol. The highest BCUT2D eigenvalue weighted by Gasteiger charge is 2.41. The maximum atomic E-state index is 12.5. The fourth-order valence-corrected chi connectivity index (χ4v) is 2.09. The molecule has 0 fully saturated rings. The van der Waals surface area contributed by atoms with Crippen molar-refractivity contribution in [3.05, 3.63) is 12.2 Å². The molecule has 4 N–H and O–H groups in total. The van der Waals surface area contributed by atoms with Crippen LogP contribution in [0.25, 0.3) is 0 Å². The van der Waals surface area contributed by atoms with E-state index in [4.69, 9.17) is 10.9 Å². The number of amides is 1. The summed E-state index contributed by atoms with van der Waals surface area (Å²) in [6.45, 7) is 3.96. The van der Waals surface area contributed by atoms with Gasteiger partial charge in [-0.2, -0.15) is 5.10 Å². The first-order chi connectivity index (χ1) is 9.01. The van der Waals surface area contributed by atoms with Gasteiger partial charge in [0.15, 0.2) is 5.84 Å². The van der Waals surface area contributed by atoms with E-state index in [1.165, 1.54) is 11.2 Å². The van der Waals surface area contributed by atoms with E-state index in [1.54, 1.807) is 7.05 Å². The molecule has 1 aromatic rings. The third-order valence-electron chi connectivity index (χ3n) is 3.41. The van der Waals surface area contributed by atoms with Crippen molar-refractivity contribution in [1.82, 2.24) is 20.1 Å². The van der Waals surface area contributed by atoms with Gasteiger partial charge in [0.05, 0.1) is 6.54 Å². The number of nitrogens with one attached hydrogen (secondary N) is 1. The van der Waals surface area contributed by atoms with Crippen molar-refractivity contribution in [2.75, 3.05) is 7.05 Å². The molecule has 0 bridgehead atoms. The fraction of sp³-hybridized carbons (Fsp3) is 0.636. The van der Waals surface area contributed by atoms with Gasteiger partial charge in [0, 0.05) is 7.05 Å². The van der Waals surface area contributed by atoms with Gasteiger partial charge in [-0.3, -0.25) is 9.89 Å². The Morgan fingerprint density at radius 1 is 1.58 bits per heavy atom. The summed E-state index contributed by atoms with van der Waals surface area (Å²) in [5.41, 5.74) is 4.72. The van der Waals surface area contributed by atoms with Crippen molar-refractivity contribution in [2.45, 2.75) is 33.2 Å². The lowest BCUT2D eigenvalue weighted by atomic mass is 9.79. The highest BCUT2D eigenvalue weighted by atomic mass is 16.4. The van der Waals surface area contributed by atoms with Gasteiger partial charge in [0.25, 0.3) is 0 Å². The Hall–Kier alpha value is -2.12. The van der Waals surface area contributed by atoms with Crippen molar-refractivity contribution < 1.29 is 10.0 Å².